The summed E-state index contributed by atoms with van der Waals surface area (Å²) in [6.07, 6.45) is -8.54. The predicted molar refractivity (Wildman–Crippen MR) is 131 cm³/mol. The van der Waals surface area contributed by atoms with Crippen molar-refractivity contribution in [3.63, 3.8) is 0 Å². The van der Waals surface area contributed by atoms with Gasteiger partial charge in [0.25, 0.3) is 5.91 Å². The molecule has 13 heteroatoms. The molecule has 2 aromatic rings. The number of halogens is 6. The number of carbonyl (C=O) groups excluding carboxylic acids is 1. The lowest BCUT2D eigenvalue weighted by atomic mass is 9.96. The molecule has 0 unspecified atom stereocenters. The molecule has 2 saturated heterocycles. The van der Waals surface area contributed by atoms with Crippen molar-refractivity contribution in [1.82, 2.24) is 10.2 Å². The van der Waals surface area contributed by atoms with Crippen molar-refractivity contribution in [2.75, 3.05) is 39.5 Å². The lowest BCUT2D eigenvalue weighted by Gasteiger charge is -2.26. The monoisotopic (exact) mass is 562 g/mol. The molecule has 2 aliphatic heterocycles. The highest BCUT2D eigenvalue weighted by Gasteiger charge is 2.37. The van der Waals surface area contributed by atoms with E-state index in [2.05, 4.69) is 10.2 Å². The summed E-state index contributed by atoms with van der Waals surface area (Å²) in [7, 11) is 0. The number of morpholine rings is 1. The highest BCUT2D eigenvalue weighted by Crippen LogP contribution is 2.41. The van der Waals surface area contributed by atoms with Crippen molar-refractivity contribution in [2.45, 2.75) is 12.4 Å². The molecule has 5 nitrogen and oxygen atoms in total. The molecule has 2 aliphatic rings. The maximum absolute atomic E-state index is 13.5. The minimum Gasteiger partial charge on any atom is -0.492 e. The summed E-state index contributed by atoms with van der Waals surface area (Å²) >= 11 is 5.96. The Morgan fingerprint density at radius 2 is 1.68 bits per heavy atom. The molecule has 0 aliphatic carbocycles. The molecule has 0 aromatic heterocycles. The Morgan fingerprint density at radius 1 is 1.03 bits per heavy atom. The third kappa shape index (κ3) is 7.03. The molecule has 2 heterocycles. The molecule has 2 fully saturated rings. The average molecular weight is 563 g/mol. The first-order valence-electron chi connectivity index (χ1n) is 11.0. The van der Waals surface area contributed by atoms with E-state index in [1.54, 1.807) is 6.07 Å². The number of benzene rings is 2. The first-order valence-corrected chi connectivity index (χ1v) is 12.2. The van der Waals surface area contributed by atoms with E-state index in [9.17, 15) is 31.1 Å². The fourth-order valence-corrected chi connectivity index (χ4v) is 4.83. The minimum absolute atomic E-state index is 0.0268. The van der Waals surface area contributed by atoms with E-state index < -0.39 is 29.4 Å². The van der Waals surface area contributed by atoms with E-state index in [0.29, 0.717) is 50.5 Å². The third-order valence-electron chi connectivity index (χ3n) is 5.61. The van der Waals surface area contributed by atoms with Crippen LogP contribution in [-0.4, -0.2) is 54.6 Å². The van der Waals surface area contributed by atoms with Crippen LogP contribution < -0.4 is 10.1 Å². The van der Waals surface area contributed by atoms with Gasteiger partial charge in [0.1, 0.15) is 16.7 Å². The Balaban J connectivity index is 1.74. The molecule has 4 rings (SSSR count). The number of rotatable bonds is 6. The Hall–Kier alpha value is -2.61. The van der Waals surface area contributed by atoms with Gasteiger partial charge in [-0.15, -0.1) is 0 Å². The van der Waals surface area contributed by atoms with E-state index >= 15 is 0 Å². The van der Waals surface area contributed by atoms with Gasteiger partial charge in [-0.1, -0.05) is 30.0 Å². The van der Waals surface area contributed by atoms with Gasteiger partial charge in [0.05, 0.1) is 29.2 Å². The number of amides is 1. The highest BCUT2D eigenvalue weighted by atomic mass is 32.2. The van der Waals surface area contributed by atoms with Crippen LogP contribution in [0.5, 0.6) is 5.75 Å². The third-order valence-corrected chi connectivity index (χ3v) is 6.77. The SMILES string of the molecule is O=C1NC(=S)S/C1=C\c1ccc(OCCN2CCOCC2)c(-c2cc(C(F)(F)F)cc(C(F)(F)F)c2)c1. The van der Waals surface area contributed by atoms with Crippen molar-refractivity contribution < 1.29 is 40.6 Å². The van der Waals surface area contributed by atoms with E-state index in [4.69, 9.17) is 21.7 Å². The molecule has 2 aromatic carbocycles. The second-order valence-corrected chi connectivity index (χ2v) is 9.92. The van der Waals surface area contributed by atoms with E-state index in [1.165, 1.54) is 18.2 Å². The number of nitrogens with zero attached hydrogens (tertiary/aromatic N) is 1. The molecular formula is C24H20F6N2O3S2. The summed E-state index contributed by atoms with van der Waals surface area (Å²) in [6, 6.07) is 5.81. The number of hydrogen-bond donors (Lipinski definition) is 1. The van der Waals surface area contributed by atoms with Gasteiger partial charge in [0.2, 0.25) is 0 Å². The van der Waals surface area contributed by atoms with Crippen LogP contribution in [0.2, 0.25) is 0 Å². The lowest BCUT2D eigenvalue weighted by Crippen LogP contribution is -2.38. The molecular weight excluding hydrogens is 542 g/mol. The highest BCUT2D eigenvalue weighted by molar-refractivity contribution is 8.26. The number of thioether (sulfide) groups is 1. The van der Waals surface area contributed by atoms with Crippen molar-refractivity contribution in [3.05, 3.63) is 58.0 Å². The van der Waals surface area contributed by atoms with Crippen LogP contribution in [0.15, 0.2) is 41.3 Å². The summed E-state index contributed by atoms with van der Waals surface area (Å²) in [5.41, 5.74) is -2.78. The number of hydrogen-bond acceptors (Lipinski definition) is 6. The molecule has 0 bridgehead atoms. The maximum atomic E-state index is 13.5. The standard InChI is InChI=1S/C24H20F6N2O3S2/c25-23(26,27)16-11-15(12-17(13-16)24(28,29)30)18-9-14(10-20-21(33)31-22(36)37-20)1-2-19(18)35-8-5-32-3-6-34-7-4-32/h1-2,9-13H,3-8H2,(H,31,33,36)/b20-10-. The van der Waals surface area contributed by atoms with Gasteiger partial charge in [-0.05, 0) is 47.5 Å². The normalized spacial score (nSPS) is 18.4. The Bertz CT molecular complexity index is 1190. The van der Waals surface area contributed by atoms with Crippen molar-refractivity contribution in [1.29, 1.82) is 0 Å². The van der Waals surface area contributed by atoms with E-state index in [1.807, 2.05) is 0 Å². The molecule has 198 valence electrons. The fourth-order valence-electron chi connectivity index (χ4n) is 3.78. The zero-order valence-corrected chi connectivity index (χ0v) is 20.7. The van der Waals surface area contributed by atoms with Crippen LogP contribution in [0.1, 0.15) is 16.7 Å². The second-order valence-electron chi connectivity index (χ2n) is 8.20. The Labute approximate surface area is 217 Å². The summed E-state index contributed by atoms with van der Waals surface area (Å²) in [6.45, 7) is 3.16. The largest absolute Gasteiger partial charge is 0.492 e. The first-order chi connectivity index (χ1) is 17.4. The van der Waals surface area contributed by atoms with Crippen molar-refractivity contribution >= 4 is 40.3 Å². The zero-order chi connectivity index (χ0) is 26.8. The number of carbonyl (C=O) groups is 1. The van der Waals surface area contributed by atoms with Gasteiger partial charge in [-0.2, -0.15) is 26.3 Å². The summed E-state index contributed by atoms with van der Waals surface area (Å²) in [5, 5.41) is 2.45. The van der Waals surface area contributed by atoms with Gasteiger partial charge in [-0.25, -0.2) is 0 Å². The number of thiocarbonyl (C=S) groups is 1. The molecule has 0 saturated carbocycles. The van der Waals surface area contributed by atoms with Crippen molar-refractivity contribution in [2.24, 2.45) is 0 Å². The number of nitrogens with one attached hydrogen (secondary N) is 1. The molecule has 0 radical (unpaired) electrons. The van der Waals surface area contributed by atoms with Crippen LogP contribution in [-0.2, 0) is 21.9 Å². The molecule has 0 spiro atoms. The second kappa shape index (κ2) is 11.0. The quantitative estimate of drug-likeness (QED) is 0.282. The summed E-state index contributed by atoms with van der Waals surface area (Å²) in [4.78, 5) is 14.4. The maximum Gasteiger partial charge on any atom is 0.416 e. The van der Waals surface area contributed by atoms with Crippen LogP contribution >= 0.6 is 24.0 Å². The smallest absolute Gasteiger partial charge is 0.416 e. The lowest BCUT2D eigenvalue weighted by molar-refractivity contribution is -0.143. The van der Waals surface area contributed by atoms with Crippen LogP contribution in [0.25, 0.3) is 17.2 Å². The molecule has 1 N–H and O–H groups in total. The van der Waals surface area contributed by atoms with Gasteiger partial charge >= 0.3 is 12.4 Å². The van der Waals surface area contributed by atoms with Gasteiger partial charge < -0.3 is 14.8 Å². The fraction of sp³-hybridized carbons (Fsp3) is 0.333. The number of ether oxygens (including phenoxy) is 2. The van der Waals surface area contributed by atoms with Gasteiger partial charge in [-0.3, -0.25) is 9.69 Å². The van der Waals surface area contributed by atoms with E-state index in [-0.39, 0.29) is 38.8 Å². The van der Waals surface area contributed by atoms with Gasteiger partial charge in [0.15, 0.2) is 0 Å². The van der Waals surface area contributed by atoms with Crippen LogP contribution in [0.3, 0.4) is 0 Å². The van der Waals surface area contributed by atoms with Gasteiger partial charge in [0, 0.05) is 25.2 Å². The van der Waals surface area contributed by atoms with Crippen molar-refractivity contribution in [3.8, 4) is 16.9 Å². The summed E-state index contributed by atoms with van der Waals surface area (Å²) in [5.74, 6) is -0.331. The Kier molecular flexibility index (Phi) is 8.17. The summed E-state index contributed by atoms with van der Waals surface area (Å²) < 4.78 is 92.4. The number of alkyl halides is 6. The molecule has 0 atom stereocenters. The zero-order valence-electron chi connectivity index (χ0n) is 19.0. The Morgan fingerprint density at radius 3 is 2.24 bits per heavy atom. The first kappa shape index (κ1) is 27.4. The molecule has 37 heavy (non-hydrogen) atoms. The topological polar surface area (TPSA) is 50.8 Å². The van der Waals surface area contributed by atoms with E-state index in [0.717, 1.165) is 11.8 Å². The van der Waals surface area contributed by atoms with Crippen LogP contribution in [0, 0.1) is 0 Å². The minimum atomic E-state index is -5.00. The predicted octanol–water partition coefficient (Wildman–Crippen LogP) is 5.59. The van der Waals surface area contributed by atoms with Crippen LogP contribution in [0.4, 0.5) is 26.3 Å². The molecule has 1 amide bonds. The average Bonchev–Trinajstić information content (AvgIpc) is 3.15.